The first-order valence-corrected chi connectivity index (χ1v) is 9.69. The van der Waals surface area contributed by atoms with Crippen LogP contribution in [0.15, 0.2) is 0 Å². The van der Waals surface area contributed by atoms with Crippen LogP contribution in [0, 0.1) is 5.41 Å². The molecule has 1 spiro atoms. The lowest BCUT2D eigenvalue weighted by molar-refractivity contribution is -0.0176. The van der Waals surface area contributed by atoms with Gasteiger partial charge in [0.05, 0.1) is 6.61 Å². The van der Waals surface area contributed by atoms with Crippen LogP contribution in [0.4, 0.5) is 4.79 Å². The van der Waals surface area contributed by atoms with Crippen molar-refractivity contribution in [2.75, 3.05) is 39.3 Å². The van der Waals surface area contributed by atoms with E-state index in [0.29, 0.717) is 12.1 Å². The third kappa shape index (κ3) is 3.16. The first-order chi connectivity index (χ1) is 11.6. The Morgan fingerprint density at radius 1 is 1.08 bits per heavy atom. The molecule has 2 saturated carbocycles. The van der Waals surface area contributed by atoms with Gasteiger partial charge in [-0.1, -0.05) is 0 Å². The van der Waals surface area contributed by atoms with Gasteiger partial charge in [-0.05, 0) is 63.5 Å². The van der Waals surface area contributed by atoms with Crippen LogP contribution in [0.5, 0.6) is 0 Å². The zero-order chi connectivity index (χ0) is 16.7. The molecule has 4 aliphatic rings. The molecule has 24 heavy (non-hydrogen) atoms. The highest BCUT2D eigenvalue weighted by atomic mass is 16.4. The Labute approximate surface area is 144 Å². The van der Waals surface area contributed by atoms with Gasteiger partial charge >= 0.3 is 6.09 Å². The normalized spacial score (nSPS) is 34.9. The SMILES string of the molecule is O=C(O)N1CCC2(CC(N3CCC(N(CCO)C4CC4)CC3)C2)C1. The highest BCUT2D eigenvalue weighted by molar-refractivity contribution is 5.65. The van der Waals surface area contributed by atoms with Crippen molar-refractivity contribution in [1.82, 2.24) is 14.7 Å². The van der Waals surface area contributed by atoms with Crippen molar-refractivity contribution < 1.29 is 15.0 Å². The molecule has 4 fully saturated rings. The Hall–Kier alpha value is -0.850. The maximum Gasteiger partial charge on any atom is 0.407 e. The number of aliphatic hydroxyl groups is 1. The van der Waals surface area contributed by atoms with E-state index in [2.05, 4.69) is 9.80 Å². The molecule has 2 aliphatic carbocycles. The molecular formula is C18H31N3O3. The fourth-order valence-electron chi connectivity index (χ4n) is 5.40. The van der Waals surface area contributed by atoms with Gasteiger partial charge in [-0.2, -0.15) is 0 Å². The zero-order valence-corrected chi connectivity index (χ0v) is 14.6. The molecule has 0 aromatic rings. The summed E-state index contributed by atoms with van der Waals surface area (Å²) in [5.41, 5.74) is 0.289. The van der Waals surface area contributed by atoms with Crippen LogP contribution in [0.2, 0.25) is 0 Å². The molecule has 0 radical (unpaired) electrons. The maximum absolute atomic E-state index is 11.1. The average molecular weight is 337 g/mol. The number of carboxylic acid groups (broad SMARTS) is 1. The monoisotopic (exact) mass is 337 g/mol. The molecule has 4 rings (SSSR count). The lowest BCUT2D eigenvalue weighted by Gasteiger charge is -2.52. The van der Waals surface area contributed by atoms with Gasteiger partial charge in [-0.3, -0.25) is 4.90 Å². The summed E-state index contributed by atoms with van der Waals surface area (Å²) in [5.74, 6) is 0. The van der Waals surface area contributed by atoms with Gasteiger partial charge in [-0.15, -0.1) is 0 Å². The van der Waals surface area contributed by atoms with Gasteiger partial charge in [0.15, 0.2) is 0 Å². The van der Waals surface area contributed by atoms with Crippen molar-refractivity contribution in [2.45, 2.75) is 63.1 Å². The molecule has 0 atom stereocenters. The van der Waals surface area contributed by atoms with Crippen LogP contribution < -0.4 is 0 Å². The molecule has 0 aromatic heterocycles. The summed E-state index contributed by atoms with van der Waals surface area (Å²) in [6, 6.07) is 2.07. The van der Waals surface area contributed by atoms with Crippen molar-refractivity contribution in [3.8, 4) is 0 Å². The van der Waals surface area contributed by atoms with Crippen molar-refractivity contribution in [3.63, 3.8) is 0 Å². The smallest absolute Gasteiger partial charge is 0.407 e. The summed E-state index contributed by atoms with van der Waals surface area (Å²) >= 11 is 0. The summed E-state index contributed by atoms with van der Waals surface area (Å²) in [6.45, 7) is 4.93. The second kappa shape index (κ2) is 6.46. The maximum atomic E-state index is 11.1. The number of likely N-dealkylation sites (tertiary alicyclic amines) is 2. The van der Waals surface area contributed by atoms with E-state index in [-0.39, 0.29) is 12.0 Å². The highest BCUT2D eigenvalue weighted by Crippen LogP contribution is 2.50. The quantitative estimate of drug-likeness (QED) is 0.795. The molecule has 0 unspecified atom stereocenters. The van der Waals surface area contributed by atoms with E-state index in [1.54, 1.807) is 4.90 Å². The van der Waals surface area contributed by atoms with Crippen LogP contribution in [0.25, 0.3) is 0 Å². The highest BCUT2D eigenvalue weighted by Gasteiger charge is 2.51. The number of nitrogens with zero attached hydrogens (tertiary/aromatic N) is 3. The van der Waals surface area contributed by atoms with Gasteiger partial charge in [0.25, 0.3) is 0 Å². The van der Waals surface area contributed by atoms with Crippen LogP contribution in [-0.4, -0.2) is 88.5 Å². The van der Waals surface area contributed by atoms with Crippen LogP contribution >= 0.6 is 0 Å². The van der Waals surface area contributed by atoms with Crippen LogP contribution in [0.3, 0.4) is 0 Å². The van der Waals surface area contributed by atoms with Crippen molar-refractivity contribution >= 4 is 6.09 Å². The fraction of sp³-hybridized carbons (Fsp3) is 0.944. The molecule has 0 aromatic carbocycles. The van der Waals surface area contributed by atoms with E-state index < -0.39 is 6.09 Å². The molecule has 6 nitrogen and oxygen atoms in total. The predicted octanol–water partition coefficient (Wildman–Crippen LogP) is 1.44. The van der Waals surface area contributed by atoms with Crippen molar-refractivity contribution in [1.29, 1.82) is 0 Å². The Morgan fingerprint density at radius 2 is 1.75 bits per heavy atom. The van der Waals surface area contributed by atoms with Crippen molar-refractivity contribution in [3.05, 3.63) is 0 Å². The van der Waals surface area contributed by atoms with E-state index in [1.807, 2.05) is 0 Å². The summed E-state index contributed by atoms with van der Waals surface area (Å²) in [6.07, 6.45) is 7.74. The van der Waals surface area contributed by atoms with Gasteiger partial charge in [0.2, 0.25) is 0 Å². The second-order valence-corrected chi connectivity index (χ2v) is 8.48. The van der Waals surface area contributed by atoms with Gasteiger partial charge < -0.3 is 20.0 Å². The fourth-order valence-corrected chi connectivity index (χ4v) is 5.40. The summed E-state index contributed by atoms with van der Waals surface area (Å²) in [5, 5.41) is 18.5. The minimum Gasteiger partial charge on any atom is -0.465 e. The Bertz CT molecular complexity index is 468. The Morgan fingerprint density at radius 3 is 2.29 bits per heavy atom. The molecule has 2 saturated heterocycles. The lowest BCUT2D eigenvalue weighted by Crippen LogP contribution is -2.56. The largest absolute Gasteiger partial charge is 0.465 e. The summed E-state index contributed by atoms with van der Waals surface area (Å²) in [4.78, 5) is 17.9. The Balaban J connectivity index is 1.24. The second-order valence-electron chi connectivity index (χ2n) is 8.48. The predicted molar refractivity (Wildman–Crippen MR) is 91.1 cm³/mol. The van der Waals surface area contributed by atoms with Gasteiger partial charge in [-0.25, -0.2) is 4.79 Å². The van der Waals surface area contributed by atoms with Crippen LogP contribution in [0.1, 0.15) is 44.9 Å². The standard InChI is InChI=1S/C18H31N3O3/c22-10-9-21(14-1-2-14)15-3-6-19(7-4-15)16-11-18(12-16)5-8-20(13-18)17(23)24/h14-16,22H,1-13H2,(H,23,24). The molecule has 6 heteroatoms. The van der Waals surface area contributed by atoms with Gasteiger partial charge in [0.1, 0.15) is 0 Å². The number of amides is 1. The first-order valence-electron chi connectivity index (χ1n) is 9.69. The molecular weight excluding hydrogens is 306 g/mol. The van der Waals surface area contributed by atoms with E-state index in [0.717, 1.165) is 32.1 Å². The number of carbonyl (C=O) groups is 1. The minimum absolute atomic E-state index is 0.280. The minimum atomic E-state index is -0.750. The number of piperidine rings is 1. The van der Waals surface area contributed by atoms with E-state index in [1.165, 1.54) is 51.6 Å². The average Bonchev–Trinajstić information content (AvgIpc) is 3.28. The number of hydrogen-bond acceptors (Lipinski definition) is 4. The molecule has 1 amide bonds. The molecule has 2 N–H and O–H groups in total. The molecule has 2 aliphatic heterocycles. The summed E-state index contributed by atoms with van der Waals surface area (Å²) in [7, 11) is 0. The van der Waals surface area contributed by atoms with E-state index >= 15 is 0 Å². The molecule has 0 bridgehead atoms. The zero-order valence-electron chi connectivity index (χ0n) is 14.6. The van der Waals surface area contributed by atoms with E-state index in [4.69, 9.17) is 5.11 Å². The number of hydrogen-bond donors (Lipinski definition) is 2. The third-order valence-corrected chi connectivity index (χ3v) is 6.90. The third-order valence-electron chi connectivity index (χ3n) is 6.90. The van der Waals surface area contributed by atoms with E-state index in [9.17, 15) is 9.90 Å². The Kier molecular flexibility index (Phi) is 4.47. The molecule has 136 valence electrons. The first kappa shape index (κ1) is 16.6. The van der Waals surface area contributed by atoms with Crippen LogP contribution in [-0.2, 0) is 0 Å². The molecule has 2 heterocycles. The van der Waals surface area contributed by atoms with Gasteiger partial charge in [0, 0.05) is 37.8 Å². The number of rotatable bonds is 5. The number of aliphatic hydroxyl groups excluding tert-OH is 1. The summed E-state index contributed by atoms with van der Waals surface area (Å²) < 4.78 is 0. The van der Waals surface area contributed by atoms with Crippen molar-refractivity contribution in [2.24, 2.45) is 5.41 Å². The lowest BCUT2D eigenvalue weighted by atomic mass is 9.64. The topological polar surface area (TPSA) is 67.2 Å².